The molecule has 218 valence electrons. The molecule has 4 rings (SSSR count). The van der Waals surface area contributed by atoms with Crippen molar-refractivity contribution in [2.24, 2.45) is 5.92 Å². The molecule has 0 unspecified atom stereocenters. The van der Waals surface area contributed by atoms with Gasteiger partial charge >= 0.3 is 5.97 Å². The summed E-state index contributed by atoms with van der Waals surface area (Å²) in [5.41, 5.74) is 3.72. The third-order valence-corrected chi connectivity index (χ3v) is 7.83. The van der Waals surface area contributed by atoms with Crippen molar-refractivity contribution in [2.45, 2.75) is 77.4 Å². The highest BCUT2D eigenvalue weighted by Gasteiger charge is 2.40. The van der Waals surface area contributed by atoms with E-state index in [0.29, 0.717) is 19.2 Å². The molecule has 2 fully saturated rings. The Morgan fingerprint density at radius 3 is 2.40 bits per heavy atom. The second-order valence-electron chi connectivity index (χ2n) is 10.8. The smallest absolute Gasteiger partial charge is 0.303 e. The van der Waals surface area contributed by atoms with Crippen molar-refractivity contribution in [1.29, 1.82) is 0 Å². The van der Waals surface area contributed by atoms with Crippen LogP contribution in [0.25, 0.3) is 0 Å². The summed E-state index contributed by atoms with van der Waals surface area (Å²) in [6, 6.07) is 16.1. The van der Waals surface area contributed by atoms with Crippen LogP contribution in [-0.4, -0.2) is 66.9 Å². The van der Waals surface area contributed by atoms with Crippen LogP contribution in [-0.2, 0) is 41.7 Å². The SMILES string of the molecule is COC[C@@H]1CCCN1C[C@@H]1O[C@H](c2ccc(CNC(=O)[C@H](C)OC(C)=O)cc2)O[C@H](c2ccc(CO)cc2)[C@@H]1C. The van der Waals surface area contributed by atoms with Gasteiger partial charge in [-0.2, -0.15) is 0 Å². The van der Waals surface area contributed by atoms with Crippen molar-refractivity contribution >= 4 is 11.9 Å². The zero-order chi connectivity index (χ0) is 28.6. The minimum atomic E-state index is -0.845. The first-order valence-electron chi connectivity index (χ1n) is 14.1. The summed E-state index contributed by atoms with van der Waals surface area (Å²) in [4.78, 5) is 25.8. The molecule has 0 spiro atoms. The Balaban J connectivity index is 1.48. The number of esters is 1. The van der Waals surface area contributed by atoms with E-state index in [4.69, 9.17) is 18.9 Å². The minimum Gasteiger partial charge on any atom is -0.453 e. The zero-order valence-electron chi connectivity index (χ0n) is 23.9. The lowest BCUT2D eigenvalue weighted by molar-refractivity contribution is -0.276. The second kappa shape index (κ2) is 14.2. The Hall–Kier alpha value is -2.82. The van der Waals surface area contributed by atoms with E-state index < -0.39 is 18.4 Å². The topological polar surface area (TPSA) is 107 Å². The molecule has 2 aromatic carbocycles. The normalized spacial score (nSPS) is 25.9. The Kier molecular flexibility index (Phi) is 10.7. The molecule has 0 radical (unpaired) electrons. The summed E-state index contributed by atoms with van der Waals surface area (Å²) in [7, 11) is 1.75. The number of methoxy groups -OCH3 is 1. The fourth-order valence-electron chi connectivity index (χ4n) is 5.50. The molecule has 9 heteroatoms. The predicted octanol–water partition coefficient (Wildman–Crippen LogP) is 3.65. The first kappa shape index (κ1) is 30.1. The summed E-state index contributed by atoms with van der Waals surface area (Å²) < 4.78 is 23.6. The number of amides is 1. The largest absolute Gasteiger partial charge is 0.453 e. The van der Waals surface area contributed by atoms with Gasteiger partial charge in [0.05, 0.1) is 25.4 Å². The zero-order valence-corrected chi connectivity index (χ0v) is 23.9. The molecule has 2 aliphatic rings. The van der Waals surface area contributed by atoms with Gasteiger partial charge in [-0.3, -0.25) is 14.5 Å². The molecule has 2 N–H and O–H groups in total. The van der Waals surface area contributed by atoms with Gasteiger partial charge in [-0.1, -0.05) is 55.5 Å². The monoisotopic (exact) mass is 554 g/mol. The summed E-state index contributed by atoms with van der Waals surface area (Å²) in [5.74, 6) is -0.735. The van der Waals surface area contributed by atoms with Crippen molar-refractivity contribution in [3.8, 4) is 0 Å². The van der Waals surface area contributed by atoms with Crippen molar-refractivity contribution in [2.75, 3.05) is 26.8 Å². The van der Waals surface area contributed by atoms with Crippen molar-refractivity contribution in [3.05, 3.63) is 70.8 Å². The van der Waals surface area contributed by atoms with Crippen LogP contribution in [0.15, 0.2) is 48.5 Å². The number of aliphatic hydroxyl groups excluding tert-OH is 1. The highest BCUT2D eigenvalue weighted by Crippen LogP contribution is 2.42. The standard InChI is InChI=1S/C31H42N2O7/c1-20-28(17-33-15-5-6-27(33)19-37-4)39-31(40-29(20)25-11-9-24(18-34)10-12-25)26-13-7-23(8-14-26)16-32-30(36)21(2)38-22(3)35/h7-14,20-21,27-29,31,34H,5-6,15-19H2,1-4H3,(H,32,36)/t20-,21+,27+,28+,29+,31+/m1/s1. The van der Waals surface area contributed by atoms with E-state index in [9.17, 15) is 14.7 Å². The Morgan fingerprint density at radius 1 is 1.07 bits per heavy atom. The summed E-state index contributed by atoms with van der Waals surface area (Å²) in [6.45, 7) is 7.85. The van der Waals surface area contributed by atoms with Crippen molar-refractivity contribution in [1.82, 2.24) is 10.2 Å². The highest BCUT2D eigenvalue weighted by atomic mass is 16.7. The molecular weight excluding hydrogens is 512 g/mol. The number of hydrogen-bond donors (Lipinski definition) is 2. The molecule has 0 bridgehead atoms. The highest BCUT2D eigenvalue weighted by molar-refractivity contribution is 5.82. The number of rotatable bonds is 11. The van der Waals surface area contributed by atoms with E-state index >= 15 is 0 Å². The molecule has 2 saturated heterocycles. The van der Waals surface area contributed by atoms with Gasteiger partial charge in [0.1, 0.15) is 0 Å². The summed E-state index contributed by atoms with van der Waals surface area (Å²) in [5, 5.41) is 12.3. The summed E-state index contributed by atoms with van der Waals surface area (Å²) >= 11 is 0. The van der Waals surface area contributed by atoms with Crippen LogP contribution in [0.1, 0.15) is 68.3 Å². The molecule has 2 aromatic rings. The first-order valence-corrected chi connectivity index (χ1v) is 14.1. The molecule has 6 atom stereocenters. The molecule has 0 aliphatic carbocycles. The molecular formula is C31H42N2O7. The van der Waals surface area contributed by atoms with Crippen molar-refractivity contribution < 1.29 is 33.6 Å². The number of ether oxygens (including phenoxy) is 4. The predicted molar refractivity (Wildman–Crippen MR) is 149 cm³/mol. The molecule has 2 aliphatic heterocycles. The van der Waals surface area contributed by atoms with Gasteiger partial charge in [-0.15, -0.1) is 0 Å². The maximum absolute atomic E-state index is 12.2. The molecule has 1 amide bonds. The number of carbonyl (C=O) groups excluding carboxylic acids is 2. The van der Waals surface area contributed by atoms with Crippen LogP contribution in [0.5, 0.6) is 0 Å². The lowest BCUT2D eigenvalue weighted by Crippen LogP contribution is -2.46. The quantitative estimate of drug-likeness (QED) is 0.406. The third kappa shape index (κ3) is 7.67. The maximum Gasteiger partial charge on any atom is 0.303 e. The second-order valence-corrected chi connectivity index (χ2v) is 10.8. The fourth-order valence-corrected chi connectivity index (χ4v) is 5.50. The maximum atomic E-state index is 12.2. The number of aliphatic hydroxyl groups is 1. The van der Waals surface area contributed by atoms with E-state index in [1.807, 2.05) is 48.5 Å². The number of hydrogen-bond acceptors (Lipinski definition) is 8. The van der Waals surface area contributed by atoms with Gasteiger partial charge in [0, 0.05) is 44.6 Å². The number of likely N-dealkylation sites (tertiary alicyclic amines) is 1. The van der Waals surface area contributed by atoms with Crippen LogP contribution in [0, 0.1) is 5.92 Å². The third-order valence-electron chi connectivity index (χ3n) is 7.83. The first-order chi connectivity index (χ1) is 19.3. The van der Waals surface area contributed by atoms with Gasteiger partial charge in [0.2, 0.25) is 0 Å². The van der Waals surface area contributed by atoms with Crippen LogP contribution in [0.2, 0.25) is 0 Å². The van der Waals surface area contributed by atoms with Gasteiger partial charge in [0.15, 0.2) is 12.4 Å². The molecule has 0 aromatic heterocycles. The average molecular weight is 555 g/mol. The van der Waals surface area contributed by atoms with Crippen LogP contribution >= 0.6 is 0 Å². The lowest BCUT2D eigenvalue weighted by atomic mass is 9.90. The lowest BCUT2D eigenvalue weighted by Gasteiger charge is -2.43. The molecule has 40 heavy (non-hydrogen) atoms. The number of benzene rings is 2. The fraction of sp³-hybridized carbons (Fsp3) is 0.548. The van der Waals surface area contributed by atoms with Gasteiger partial charge in [0.25, 0.3) is 5.91 Å². The van der Waals surface area contributed by atoms with Crippen molar-refractivity contribution in [3.63, 3.8) is 0 Å². The number of nitrogens with one attached hydrogen (secondary N) is 1. The van der Waals surface area contributed by atoms with E-state index in [0.717, 1.165) is 48.2 Å². The van der Waals surface area contributed by atoms with Gasteiger partial charge in [-0.25, -0.2) is 0 Å². The van der Waals surface area contributed by atoms with Gasteiger partial charge < -0.3 is 29.4 Å². The van der Waals surface area contributed by atoms with E-state index in [1.165, 1.54) is 6.92 Å². The molecule has 0 saturated carbocycles. The number of nitrogens with zero attached hydrogens (tertiary/aromatic N) is 1. The molecule has 9 nitrogen and oxygen atoms in total. The van der Waals surface area contributed by atoms with Crippen LogP contribution in [0.3, 0.4) is 0 Å². The molecule has 2 heterocycles. The Bertz CT molecular complexity index is 1110. The Morgan fingerprint density at radius 2 is 1.75 bits per heavy atom. The summed E-state index contributed by atoms with van der Waals surface area (Å²) in [6.07, 6.45) is 0.640. The van der Waals surface area contributed by atoms with Gasteiger partial charge in [-0.05, 0) is 43.0 Å². The van der Waals surface area contributed by atoms with E-state index in [2.05, 4.69) is 17.1 Å². The van der Waals surface area contributed by atoms with Crippen LogP contribution in [0.4, 0.5) is 0 Å². The minimum absolute atomic E-state index is 0.00103. The van der Waals surface area contributed by atoms with E-state index in [-0.39, 0.29) is 30.6 Å². The average Bonchev–Trinajstić information content (AvgIpc) is 3.39. The van der Waals surface area contributed by atoms with E-state index in [1.54, 1.807) is 14.0 Å². The number of carbonyl (C=O) groups is 2. The Labute approximate surface area is 236 Å². The van der Waals surface area contributed by atoms with Crippen LogP contribution < -0.4 is 5.32 Å².